The molecule has 1 saturated heterocycles. The predicted molar refractivity (Wildman–Crippen MR) is 85.6 cm³/mol. The van der Waals surface area contributed by atoms with Crippen molar-refractivity contribution in [2.75, 3.05) is 13.1 Å². The normalized spacial score (nSPS) is 16.4. The third-order valence-corrected chi connectivity index (χ3v) is 5.35. The van der Waals surface area contributed by atoms with Gasteiger partial charge in [0.15, 0.2) is 5.78 Å². The molecule has 0 saturated carbocycles. The zero-order valence-electron chi connectivity index (χ0n) is 11.1. The highest BCUT2D eigenvalue weighted by Gasteiger charge is 2.20. The van der Waals surface area contributed by atoms with E-state index in [0.717, 1.165) is 40.3 Å². The average Bonchev–Trinajstić information content (AvgIpc) is 3.09. The Morgan fingerprint density at radius 2 is 2.15 bits per heavy atom. The van der Waals surface area contributed by atoms with Crippen LogP contribution in [0.15, 0.2) is 34.2 Å². The number of rotatable bonds is 4. The molecule has 1 N–H and O–H groups in total. The Kier molecular flexibility index (Phi) is 4.38. The molecule has 0 radical (unpaired) electrons. The maximum atomic E-state index is 12.5. The molecule has 1 aliphatic heterocycles. The molecule has 3 nitrogen and oxygen atoms in total. The Balaban J connectivity index is 1.76. The second-order valence-electron chi connectivity index (χ2n) is 5.09. The van der Waals surface area contributed by atoms with Crippen molar-refractivity contribution in [3.05, 3.63) is 44.8 Å². The number of aromatic nitrogens is 1. The van der Waals surface area contributed by atoms with Gasteiger partial charge in [-0.2, -0.15) is 0 Å². The lowest BCUT2D eigenvalue weighted by atomic mass is 10.1. The smallest absolute Gasteiger partial charge is 0.184 e. The fourth-order valence-electron chi connectivity index (χ4n) is 2.73. The molecule has 0 amide bonds. The van der Waals surface area contributed by atoms with Crippen molar-refractivity contribution in [2.45, 2.75) is 25.3 Å². The molecule has 0 bridgehead atoms. The van der Waals surface area contributed by atoms with E-state index in [-0.39, 0.29) is 5.78 Å². The fourth-order valence-corrected chi connectivity index (χ4v) is 4.21. The van der Waals surface area contributed by atoms with Crippen LogP contribution < -0.4 is 5.32 Å². The summed E-state index contributed by atoms with van der Waals surface area (Å²) < 4.78 is 3.25. The standard InChI is InChI=1S/C15H17BrN2OS/c16-15-4-3-12(20-15)10-14(19)13-2-1-9-18(13)11-5-7-17-8-6-11/h1-4,9,11,17H,5-8,10H2. The lowest BCUT2D eigenvalue weighted by Crippen LogP contribution is -2.30. The van der Waals surface area contributed by atoms with E-state index in [2.05, 4.69) is 25.8 Å². The summed E-state index contributed by atoms with van der Waals surface area (Å²) >= 11 is 5.07. The number of hydrogen-bond acceptors (Lipinski definition) is 3. The Morgan fingerprint density at radius 1 is 1.35 bits per heavy atom. The lowest BCUT2D eigenvalue weighted by Gasteiger charge is -2.25. The van der Waals surface area contributed by atoms with Crippen LogP contribution >= 0.6 is 27.3 Å². The minimum atomic E-state index is 0.211. The second kappa shape index (κ2) is 6.24. The number of nitrogens with one attached hydrogen (secondary N) is 1. The van der Waals surface area contributed by atoms with Crippen LogP contribution in [-0.2, 0) is 6.42 Å². The number of halogens is 1. The van der Waals surface area contributed by atoms with Gasteiger partial charge in [0.25, 0.3) is 0 Å². The number of nitrogens with zero attached hydrogens (tertiary/aromatic N) is 1. The maximum absolute atomic E-state index is 12.5. The van der Waals surface area contributed by atoms with Crippen molar-refractivity contribution in [3.63, 3.8) is 0 Å². The summed E-state index contributed by atoms with van der Waals surface area (Å²) in [6.45, 7) is 2.07. The first kappa shape index (κ1) is 14.0. The summed E-state index contributed by atoms with van der Waals surface area (Å²) in [7, 11) is 0. The predicted octanol–water partition coefficient (Wildman–Crippen LogP) is 3.66. The Morgan fingerprint density at radius 3 is 2.85 bits per heavy atom. The largest absolute Gasteiger partial charge is 0.342 e. The molecular formula is C15H17BrN2OS. The van der Waals surface area contributed by atoms with Gasteiger partial charge in [-0.05, 0) is 66.1 Å². The summed E-state index contributed by atoms with van der Waals surface area (Å²) in [5.74, 6) is 0.211. The van der Waals surface area contributed by atoms with Crippen LogP contribution in [0.5, 0.6) is 0 Å². The van der Waals surface area contributed by atoms with Crippen molar-refractivity contribution in [1.82, 2.24) is 9.88 Å². The highest BCUT2D eigenvalue weighted by Crippen LogP contribution is 2.25. The van der Waals surface area contributed by atoms with Gasteiger partial charge in [0.1, 0.15) is 0 Å². The van der Waals surface area contributed by atoms with Gasteiger partial charge in [0.05, 0.1) is 9.48 Å². The van der Waals surface area contributed by atoms with Gasteiger partial charge in [0.2, 0.25) is 0 Å². The van der Waals surface area contributed by atoms with E-state index in [0.29, 0.717) is 12.5 Å². The number of carbonyl (C=O) groups is 1. The minimum Gasteiger partial charge on any atom is -0.342 e. The van der Waals surface area contributed by atoms with Crippen LogP contribution in [0, 0.1) is 0 Å². The molecular weight excluding hydrogens is 336 g/mol. The SMILES string of the molecule is O=C(Cc1ccc(Br)s1)c1cccn1C1CCNCC1. The topological polar surface area (TPSA) is 34.0 Å². The molecule has 106 valence electrons. The Hall–Kier alpha value is -0.910. The summed E-state index contributed by atoms with van der Waals surface area (Å²) in [5.41, 5.74) is 0.849. The molecule has 2 aromatic heterocycles. The van der Waals surface area contributed by atoms with Crippen LogP contribution in [0.25, 0.3) is 0 Å². The molecule has 0 unspecified atom stereocenters. The van der Waals surface area contributed by atoms with Crippen molar-refractivity contribution in [2.24, 2.45) is 0 Å². The van der Waals surface area contributed by atoms with Gasteiger partial charge >= 0.3 is 0 Å². The molecule has 1 fully saturated rings. The van der Waals surface area contributed by atoms with Gasteiger partial charge in [-0.25, -0.2) is 0 Å². The minimum absolute atomic E-state index is 0.211. The zero-order chi connectivity index (χ0) is 13.9. The molecule has 0 aliphatic carbocycles. The zero-order valence-corrected chi connectivity index (χ0v) is 13.5. The van der Waals surface area contributed by atoms with E-state index < -0.39 is 0 Å². The van der Waals surface area contributed by atoms with E-state index in [1.165, 1.54) is 0 Å². The molecule has 3 heterocycles. The Labute approximate surface area is 131 Å². The first-order valence-corrected chi connectivity index (χ1v) is 8.50. The third kappa shape index (κ3) is 3.05. The van der Waals surface area contributed by atoms with Crippen LogP contribution in [0.1, 0.15) is 34.2 Å². The summed E-state index contributed by atoms with van der Waals surface area (Å²) in [6.07, 6.45) is 4.73. The molecule has 20 heavy (non-hydrogen) atoms. The summed E-state index contributed by atoms with van der Waals surface area (Å²) in [4.78, 5) is 13.6. The highest BCUT2D eigenvalue weighted by molar-refractivity contribution is 9.11. The van der Waals surface area contributed by atoms with Gasteiger partial charge in [-0.1, -0.05) is 0 Å². The van der Waals surface area contributed by atoms with E-state index in [1.807, 2.05) is 30.5 Å². The van der Waals surface area contributed by atoms with Gasteiger partial charge in [-0.15, -0.1) is 11.3 Å². The van der Waals surface area contributed by atoms with E-state index in [1.54, 1.807) is 11.3 Å². The number of Topliss-reactive ketones (excluding diaryl/α,β-unsaturated/α-hetero) is 1. The van der Waals surface area contributed by atoms with Gasteiger partial charge in [-0.3, -0.25) is 4.79 Å². The summed E-state index contributed by atoms with van der Waals surface area (Å²) in [6, 6.07) is 8.41. The van der Waals surface area contributed by atoms with Crippen LogP contribution in [0.2, 0.25) is 0 Å². The van der Waals surface area contributed by atoms with Crippen molar-refractivity contribution < 1.29 is 4.79 Å². The number of ketones is 1. The summed E-state index contributed by atoms with van der Waals surface area (Å²) in [5, 5.41) is 3.37. The molecule has 0 spiro atoms. The van der Waals surface area contributed by atoms with E-state index in [4.69, 9.17) is 0 Å². The highest BCUT2D eigenvalue weighted by atomic mass is 79.9. The third-order valence-electron chi connectivity index (χ3n) is 3.73. The number of piperidine rings is 1. The monoisotopic (exact) mass is 352 g/mol. The number of thiophene rings is 1. The second-order valence-corrected chi connectivity index (χ2v) is 7.64. The maximum Gasteiger partial charge on any atom is 0.184 e. The average molecular weight is 353 g/mol. The van der Waals surface area contributed by atoms with E-state index in [9.17, 15) is 4.79 Å². The van der Waals surface area contributed by atoms with Crippen LogP contribution in [-0.4, -0.2) is 23.4 Å². The van der Waals surface area contributed by atoms with E-state index >= 15 is 0 Å². The van der Waals surface area contributed by atoms with Crippen LogP contribution in [0.4, 0.5) is 0 Å². The molecule has 0 aromatic carbocycles. The molecule has 5 heteroatoms. The van der Waals surface area contributed by atoms with Crippen molar-refractivity contribution in [3.8, 4) is 0 Å². The molecule has 2 aromatic rings. The Bertz CT molecular complexity index is 599. The van der Waals surface area contributed by atoms with Crippen molar-refractivity contribution in [1.29, 1.82) is 0 Å². The molecule has 1 aliphatic rings. The quantitative estimate of drug-likeness (QED) is 0.852. The van der Waals surface area contributed by atoms with Crippen molar-refractivity contribution >= 4 is 33.0 Å². The number of carbonyl (C=O) groups excluding carboxylic acids is 1. The van der Waals surface area contributed by atoms with Gasteiger partial charge < -0.3 is 9.88 Å². The first-order valence-electron chi connectivity index (χ1n) is 6.89. The van der Waals surface area contributed by atoms with Gasteiger partial charge in [0, 0.05) is 23.5 Å². The lowest BCUT2D eigenvalue weighted by molar-refractivity contribution is 0.0981. The van der Waals surface area contributed by atoms with Crippen LogP contribution in [0.3, 0.4) is 0 Å². The number of hydrogen-bond donors (Lipinski definition) is 1. The molecule has 0 atom stereocenters. The fraction of sp³-hybridized carbons (Fsp3) is 0.400. The molecule has 3 rings (SSSR count). The first-order chi connectivity index (χ1) is 9.74.